The van der Waals surface area contributed by atoms with Crippen LogP contribution < -0.4 is 4.72 Å². The van der Waals surface area contributed by atoms with Gasteiger partial charge in [-0.25, -0.2) is 13.2 Å². The molecule has 1 N–H and O–H groups in total. The summed E-state index contributed by atoms with van der Waals surface area (Å²) in [6.45, 7) is 2.47. The van der Waals surface area contributed by atoms with E-state index < -0.39 is 22.0 Å². The predicted octanol–water partition coefficient (Wildman–Crippen LogP) is 0.836. The third-order valence-corrected chi connectivity index (χ3v) is 5.16. The van der Waals surface area contributed by atoms with Crippen molar-refractivity contribution in [3.05, 3.63) is 29.8 Å². The smallest absolute Gasteiger partial charge is 0.330 e. The maximum absolute atomic E-state index is 12.0. The number of sulfonamides is 1. The molecule has 0 spiro atoms. The van der Waals surface area contributed by atoms with E-state index in [0.717, 1.165) is 12.8 Å². The van der Waals surface area contributed by atoms with Gasteiger partial charge in [0.05, 0.1) is 11.0 Å². The minimum atomic E-state index is -3.60. The molecule has 2 unspecified atom stereocenters. The number of hydrogen-bond donors (Lipinski definition) is 1. The lowest BCUT2D eigenvalue weighted by Gasteiger charge is -2.12. The SMILES string of the molecule is CC(N=C1NS(=O)(=O)c2ccccc21)C(=O)OCC1CCCO1. The van der Waals surface area contributed by atoms with Gasteiger partial charge in [-0.3, -0.25) is 9.71 Å². The summed E-state index contributed by atoms with van der Waals surface area (Å²) in [7, 11) is -3.60. The van der Waals surface area contributed by atoms with Crippen LogP contribution in [0.1, 0.15) is 25.3 Å². The Bertz CT molecular complexity index is 738. The summed E-state index contributed by atoms with van der Waals surface area (Å²) in [6.07, 6.45) is 1.80. The van der Waals surface area contributed by atoms with Crippen LogP contribution in [-0.4, -0.2) is 45.6 Å². The van der Waals surface area contributed by atoms with Crippen molar-refractivity contribution in [1.29, 1.82) is 0 Å². The van der Waals surface area contributed by atoms with Gasteiger partial charge in [-0.05, 0) is 31.9 Å². The molecule has 3 rings (SSSR count). The maximum Gasteiger partial charge on any atom is 0.330 e. The molecule has 0 amide bonds. The van der Waals surface area contributed by atoms with Gasteiger partial charge in [0.25, 0.3) is 10.0 Å². The Hall–Kier alpha value is -1.93. The first-order chi connectivity index (χ1) is 11.0. The molecule has 2 atom stereocenters. The van der Waals surface area contributed by atoms with Crippen LogP contribution in [0.15, 0.2) is 34.2 Å². The topological polar surface area (TPSA) is 94.1 Å². The molecule has 8 heteroatoms. The number of nitrogens with zero attached hydrogens (tertiary/aromatic N) is 1. The number of esters is 1. The molecule has 1 aromatic carbocycles. The van der Waals surface area contributed by atoms with Crippen molar-refractivity contribution in [2.45, 2.75) is 36.8 Å². The highest BCUT2D eigenvalue weighted by atomic mass is 32.2. The third kappa shape index (κ3) is 3.37. The number of ether oxygens (including phenoxy) is 2. The van der Waals surface area contributed by atoms with Crippen molar-refractivity contribution in [2.75, 3.05) is 13.2 Å². The van der Waals surface area contributed by atoms with E-state index in [1.165, 1.54) is 6.07 Å². The Kier molecular flexibility index (Phi) is 4.36. The second kappa shape index (κ2) is 6.29. The number of carbonyl (C=O) groups is 1. The fourth-order valence-corrected chi connectivity index (χ4v) is 3.79. The van der Waals surface area contributed by atoms with Crippen LogP contribution in [0.3, 0.4) is 0 Å². The van der Waals surface area contributed by atoms with Crippen molar-refractivity contribution >= 4 is 21.8 Å². The molecule has 0 aliphatic carbocycles. The summed E-state index contributed by atoms with van der Waals surface area (Å²) in [5, 5.41) is 0. The maximum atomic E-state index is 12.0. The van der Waals surface area contributed by atoms with Crippen LogP contribution in [0, 0.1) is 0 Å². The van der Waals surface area contributed by atoms with Crippen molar-refractivity contribution in [2.24, 2.45) is 4.99 Å². The van der Waals surface area contributed by atoms with Crippen molar-refractivity contribution in [3.8, 4) is 0 Å². The first-order valence-electron chi connectivity index (χ1n) is 7.45. The van der Waals surface area contributed by atoms with E-state index >= 15 is 0 Å². The van der Waals surface area contributed by atoms with Gasteiger partial charge in [0.15, 0.2) is 0 Å². The summed E-state index contributed by atoms with van der Waals surface area (Å²) in [5.74, 6) is -0.334. The van der Waals surface area contributed by atoms with Gasteiger partial charge in [0, 0.05) is 12.2 Å². The minimum Gasteiger partial charge on any atom is -0.461 e. The van der Waals surface area contributed by atoms with Gasteiger partial charge < -0.3 is 9.47 Å². The predicted molar refractivity (Wildman–Crippen MR) is 82.7 cm³/mol. The number of aliphatic imine (C=N–C) groups is 1. The molecular formula is C15H18N2O5S. The molecule has 2 aliphatic heterocycles. The summed E-state index contributed by atoms with van der Waals surface area (Å²) < 4.78 is 36.9. The van der Waals surface area contributed by atoms with E-state index in [-0.39, 0.29) is 23.4 Å². The van der Waals surface area contributed by atoms with Gasteiger partial charge in [0.2, 0.25) is 0 Å². The zero-order chi connectivity index (χ0) is 16.4. The zero-order valence-corrected chi connectivity index (χ0v) is 13.5. The normalized spacial score (nSPS) is 24.9. The first-order valence-corrected chi connectivity index (χ1v) is 8.94. The quantitative estimate of drug-likeness (QED) is 0.821. The number of fused-ring (bicyclic) bond motifs is 1. The number of amidine groups is 1. The highest BCUT2D eigenvalue weighted by Crippen LogP contribution is 2.22. The fourth-order valence-electron chi connectivity index (χ4n) is 2.55. The van der Waals surface area contributed by atoms with Crippen molar-refractivity contribution in [1.82, 2.24) is 4.72 Å². The van der Waals surface area contributed by atoms with Gasteiger partial charge in [-0.15, -0.1) is 0 Å². The zero-order valence-electron chi connectivity index (χ0n) is 12.7. The lowest BCUT2D eigenvalue weighted by atomic mass is 10.2. The number of rotatable bonds is 4. The Morgan fingerprint density at radius 3 is 3.00 bits per heavy atom. The van der Waals surface area contributed by atoms with Crippen LogP contribution in [0.2, 0.25) is 0 Å². The molecule has 1 aromatic rings. The average molecular weight is 338 g/mol. The van der Waals surface area contributed by atoms with Gasteiger partial charge in [-0.1, -0.05) is 12.1 Å². The van der Waals surface area contributed by atoms with Gasteiger partial charge in [-0.2, -0.15) is 0 Å². The van der Waals surface area contributed by atoms with E-state index in [4.69, 9.17) is 9.47 Å². The second-order valence-corrected chi connectivity index (χ2v) is 7.17. The largest absolute Gasteiger partial charge is 0.461 e. The van der Waals surface area contributed by atoms with E-state index in [1.807, 2.05) is 0 Å². The summed E-state index contributed by atoms with van der Waals surface area (Å²) in [4.78, 5) is 16.3. The molecule has 0 bridgehead atoms. The Labute approximate surface area is 134 Å². The molecular weight excluding hydrogens is 320 g/mol. The molecule has 2 heterocycles. The minimum absolute atomic E-state index is 0.0514. The van der Waals surface area contributed by atoms with Crippen LogP contribution in [0.4, 0.5) is 0 Å². The van der Waals surface area contributed by atoms with Crippen molar-refractivity contribution in [3.63, 3.8) is 0 Å². The second-order valence-electron chi connectivity index (χ2n) is 5.52. The van der Waals surface area contributed by atoms with Gasteiger partial charge in [0.1, 0.15) is 18.5 Å². The number of hydrogen-bond acceptors (Lipinski definition) is 6. The highest BCUT2D eigenvalue weighted by Gasteiger charge is 2.31. The molecule has 0 saturated carbocycles. The average Bonchev–Trinajstić information content (AvgIpc) is 3.12. The van der Waals surface area contributed by atoms with Crippen molar-refractivity contribution < 1.29 is 22.7 Å². The van der Waals surface area contributed by atoms with E-state index in [0.29, 0.717) is 12.2 Å². The molecule has 0 aromatic heterocycles. The fraction of sp³-hybridized carbons (Fsp3) is 0.467. The highest BCUT2D eigenvalue weighted by molar-refractivity contribution is 7.90. The standard InChI is InChI=1S/C15H18N2O5S/c1-10(15(18)22-9-11-5-4-8-21-11)16-14-12-6-2-3-7-13(12)23(19,20)17-14/h2-3,6-7,10-11H,4-5,8-9H2,1H3,(H,16,17). The number of nitrogens with one attached hydrogen (secondary N) is 1. The lowest BCUT2D eigenvalue weighted by Crippen LogP contribution is -2.28. The van der Waals surface area contributed by atoms with Crippen LogP contribution in [0.25, 0.3) is 0 Å². The molecule has 7 nitrogen and oxygen atoms in total. The van der Waals surface area contributed by atoms with E-state index in [2.05, 4.69) is 9.71 Å². The van der Waals surface area contributed by atoms with Crippen LogP contribution in [-0.2, 0) is 24.3 Å². The Morgan fingerprint density at radius 2 is 2.26 bits per heavy atom. The third-order valence-electron chi connectivity index (χ3n) is 3.76. The van der Waals surface area contributed by atoms with Gasteiger partial charge >= 0.3 is 5.97 Å². The number of carbonyl (C=O) groups excluding carboxylic acids is 1. The summed E-state index contributed by atoms with van der Waals surface area (Å²) in [5.41, 5.74) is 0.464. The molecule has 124 valence electrons. The van der Waals surface area contributed by atoms with Crippen LogP contribution >= 0.6 is 0 Å². The molecule has 0 radical (unpaired) electrons. The summed E-state index contributed by atoms with van der Waals surface area (Å²) in [6, 6.07) is 5.70. The molecule has 2 aliphatic rings. The number of benzene rings is 1. The Morgan fingerprint density at radius 1 is 1.48 bits per heavy atom. The molecule has 1 saturated heterocycles. The lowest BCUT2D eigenvalue weighted by molar-refractivity contribution is -0.147. The molecule has 23 heavy (non-hydrogen) atoms. The van der Waals surface area contributed by atoms with E-state index in [9.17, 15) is 13.2 Å². The first kappa shape index (κ1) is 15.9. The monoisotopic (exact) mass is 338 g/mol. The van der Waals surface area contributed by atoms with Crippen LogP contribution in [0.5, 0.6) is 0 Å². The Balaban J connectivity index is 1.70. The van der Waals surface area contributed by atoms with E-state index in [1.54, 1.807) is 25.1 Å². The molecule has 1 fully saturated rings. The summed E-state index contributed by atoms with van der Waals surface area (Å²) >= 11 is 0.